The first-order valence-electron chi connectivity index (χ1n) is 7.12. The molecular weight excluding hydrogens is 264 g/mol. The lowest BCUT2D eigenvalue weighted by atomic mass is 10.2. The van der Waals surface area contributed by atoms with E-state index >= 15 is 0 Å². The van der Waals surface area contributed by atoms with E-state index in [0.717, 1.165) is 17.2 Å². The number of benzene rings is 2. The number of rotatable bonds is 7. The molecule has 0 saturated heterocycles. The van der Waals surface area contributed by atoms with Crippen LogP contribution in [0.1, 0.15) is 13.3 Å². The number of ether oxygens (including phenoxy) is 1. The molecular formula is C17H20N2O2. The minimum Gasteiger partial charge on any atom is -0.455 e. The Labute approximate surface area is 125 Å². The summed E-state index contributed by atoms with van der Waals surface area (Å²) in [5, 5.41) is 6.01. The number of carbonyl (C=O) groups is 1. The van der Waals surface area contributed by atoms with Crippen LogP contribution in [0.4, 0.5) is 5.69 Å². The fourth-order valence-electron chi connectivity index (χ4n) is 1.91. The molecule has 0 fully saturated rings. The number of carbonyl (C=O) groups excluding carboxylic acids is 1. The quantitative estimate of drug-likeness (QED) is 0.819. The number of hydrogen-bond acceptors (Lipinski definition) is 3. The second-order valence-electron chi connectivity index (χ2n) is 4.54. The highest BCUT2D eigenvalue weighted by Gasteiger charge is 2.05. The molecule has 0 radical (unpaired) electrons. The van der Waals surface area contributed by atoms with Crippen molar-refractivity contribution in [3.63, 3.8) is 0 Å². The van der Waals surface area contributed by atoms with Gasteiger partial charge in [0.15, 0.2) is 5.75 Å². The smallest absolute Gasteiger partial charge is 0.221 e. The van der Waals surface area contributed by atoms with Crippen LogP contribution in [0.5, 0.6) is 11.5 Å². The normalized spacial score (nSPS) is 9.95. The van der Waals surface area contributed by atoms with Gasteiger partial charge in [-0.1, -0.05) is 30.3 Å². The highest BCUT2D eigenvalue weighted by Crippen LogP contribution is 2.28. The van der Waals surface area contributed by atoms with Crippen molar-refractivity contribution in [2.45, 2.75) is 13.3 Å². The Balaban J connectivity index is 1.95. The van der Waals surface area contributed by atoms with Crippen molar-refractivity contribution in [1.29, 1.82) is 0 Å². The SMILES string of the molecule is CCNC(=O)CCNc1ccccc1Oc1ccccc1. The highest BCUT2D eigenvalue weighted by molar-refractivity contribution is 5.76. The van der Waals surface area contributed by atoms with E-state index in [9.17, 15) is 4.79 Å². The third kappa shape index (κ3) is 4.84. The first kappa shape index (κ1) is 14.9. The van der Waals surface area contributed by atoms with Crippen LogP contribution in [0.3, 0.4) is 0 Å². The summed E-state index contributed by atoms with van der Waals surface area (Å²) in [5.41, 5.74) is 0.880. The summed E-state index contributed by atoms with van der Waals surface area (Å²) in [6, 6.07) is 17.3. The highest BCUT2D eigenvalue weighted by atomic mass is 16.5. The van der Waals surface area contributed by atoms with E-state index in [0.29, 0.717) is 19.5 Å². The molecule has 0 saturated carbocycles. The van der Waals surface area contributed by atoms with Gasteiger partial charge < -0.3 is 15.4 Å². The molecule has 1 amide bonds. The van der Waals surface area contributed by atoms with Crippen molar-refractivity contribution in [3.8, 4) is 11.5 Å². The second-order valence-corrected chi connectivity index (χ2v) is 4.54. The minimum absolute atomic E-state index is 0.0476. The summed E-state index contributed by atoms with van der Waals surface area (Å²) in [4.78, 5) is 11.4. The van der Waals surface area contributed by atoms with Gasteiger partial charge in [0.25, 0.3) is 0 Å². The second kappa shape index (κ2) is 7.94. The molecule has 0 spiro atoms. The van der Waals surface area contributed by atoms with Gasteiger partial charge in [0, 0.05) is 19.5 Å². The van der Waals surface area contributed by atoms with Crippen LogP contribution in [0.2, 0.25) is 0 Å². The number of nitrogens with one attached hydrogen (secondary N) is 2. The van der Waals surface area contributed by atoms with Gasteiger partial charge in [0.2, 0.25) is 5.91 Å². The molecule has 2 aromatic rings. The maximum Gasteiger partial charge on any atom is 0.221 e. The van der Waals surface area contributed by atoms with Gasteiger partial charge in [-0.05, 0) is 31.2 Å². The van der Waals surface area contributed by atoms with Crippen molar-refractivity contribution in [3.05, 3.63) is 54.6 Å². The first-order chi connectivity index (χ1) is 10.3. The third-order valence-corrected chi connectivity index (χ3v) is 2.90. The Hall–Kier alpha value is -2.49. The van der Waals surface area contributed by atoms with Crippen molar-refractivity contribution in [2.75, 3.05) is 18.4 Å². The average molecular weight is 284 g/mol. The molecule has 0 aliphatic heterocycles. The maximum atomic E-state index is 11.4. The van der Waals surface area contributed by atoms with Gasteiger partial charge in [-0.3, -0.25) is 4.79 Å². The van der Waals surface area contributed by atoms with E-state index in [4.69, 9.17) is 4.74 Å². The third-order valence-electron chi connectivity index (χ3n) is 2.90. The lowest BCUT2D eigenvalue weighted by molar-refractivity contribution is -0.120. The molecule has 0 aromatic heterocycles. The lowest BCUT2D eigenvalue weighted by Crippen LogP contribution is -2.24. The molecule has 0 unspecified atom stereocenters. The molecule has 2 rings (SSSR count). The van der Waals surface area contributed by atoms with E-state index in [1.165, 1.54) is 0 Å². The molecule has 21 heavy (non-hydrogen) atoms. The molecule has 0 bridgehead atoms. The van der Waals surface area contributed by atoms with Crippen LogP contribution in [0, 0.1) is 0 Å². The van der Waals surface area contributed by atoms with Gasteiger partial charge in [0.1, 0.15) is 5.75 Å². The predicted octanol–water partition coefficient (Wildman–Crippen LogP) is 3.42. The number of anilines is 1. The van der Waals surface area contributed by atoms with Gasteiger partial charge in [-0.25, -0.2) is 0 Å². The molecule has 4 heteroatoms. The van der Waals surface area contributed by atoms with Crippen molar-refractivity contribution in [1.82, 2.24) is 5.32 Å². The standard InChI is InChI=1S/C17H20N2O2/c1-2-18-17(20)12-13-19-15-10-6-7-11-16(15)21-14-8-4-3-5-9-14/h3-11,19H,2,12-13H2,1H3,(H,18,20). The number of hydrogen-bond donors (Lipinski definition) is 2. The van der Waals surface area contributed by atoms with Crippen LogP contribution in [0.25, 0.3) is 0 Å². The van der Waals surface area contributed by atoms with Gasteiger partial charge in [-0.15, -0.1) is 0 Å². The fourth-order valence-corrected chi connectivity index (χ4v) is 1.91. The van der Waals surface area contributed by atoms with E-state index in [1.54, 1.807) is 0 Å². The molecule has 2 N–H and O–H groups in total. The number of para-hydroxylation sites is 3. The van der Waals surface area contributed by atoms with Crippen LogP contribution in [-0.2, 0) is 4.79 Å². The Bertz CT molecular complexity index is 570. The zero-order chi connectivity index (χ0) is 14.9. The summed E-state index contributed by atoms with van der Waals surface area (Å²) in [7, 11) is 0. The first-order valence-corrected chi connectivity index (χ1v) is 7.12. The molecule has 0 aliphatic rings. The summed E-state index contributed by atoms with van der Waals surface area (Å²) in [5.74, 6) is 1.58. The summed E-state index contributed by atoms with van der Waals surface area (Å²) >= 11 is 0. The topological polar surface area (TPSA) is 50.4 Å². The molecule has 2 aromatic carbocycles. The Kier molecular flexibility index (Phi) is 5.64. The Morgan fingerprint density at radius 1 is 1.05 bits per heavy atom. The van der Waals surface area contributed by atoms with Crippen LogP contribution in [-0.4, -0.2) is 19.0 Å². The fraction of sp³-hybridized carbons (Fsp3) is 0.235. The van der Waals surface area contributed by atoms with Crippen molar-refractivity contribution >= 4 is 11.6 Å². The van der Waals surface area contributed by atoms with Gasteiger partial charge in [-0.2, -0.15) is 0 Å². The molecule has 0 atom stereocenters. The Morgan fingerprint density at radius 2 is 1.76 bits per heavy atom. The van der Waals surface area contributed by atoms with E-state index in [-0.39, 0.29) is 5.91 Å². The predicted molar refractivity (Wildman–Crippen MR) is 84.7 cm³/mol. The average Bonchev–Trinajstić information content (AvgIpc) is 2.50. The zero-order valence-electron chi connectivity index (χ0n) is 12.1. The molecule has 0 aliphatic carbocycles. The lowest BCUT2D eigenvalue weighted by Gasteiger charge is -2.12. The number of amides is 1. The van der Waals surface area contributed by atoms with Crippen LogP contribution in [0.15, 0.2) is 54.6 Å². The Morgan fingerprint density at radius 3 is 2.52 bits per heavy atom. The zero-order valence-corrected chi connectivity index (χ0v) is 12.1. The van der Waals surface area contributed by atoms with E-state index in [1.807, 2.05) is 61.5 Å². The van der Waals surface area contributed by atoms with Crippen LogP contribution >= 0.6 is 0 Å². The largest absolute Gasteiger partial charge is 0.455 e. The maximum absolute atomic E-state index is 11.4. The molecule has 4 nitrogen and oxygen atoms in total. The molecule has 0 heterocycles. The van der Waals surface area contributed by atoms with Crippen molar-refractivity contribution in [2.24, 2.45) is 0 Å². The summed E-state index contributed by atoms with van der Waals surface area (Å²) < 4.78 is 5.85. The van der Waals surface area contributed by atoms with E-state index < -0.39 is 0 Å². The minimum atomic E-state index is 0.0476. The monoisotopic (exact) mass is 284 g/mol. The molecule has 110 valence electrons. The van der Waals surface area contributed by atoms with Crippen molar-refractivity contribution < 1.29 is 9.53 Å². The summed E-state index contributed by atoms with van der Waals surface area (Å²) in [6.45, 7) is 3.14. The van der Waals surface area contributed by atoms with Crippen LogP contribution < -0.4 is 15.4 Å². The van der Waals surface area contributed by atoms with E-state index in [2.05, 4.69) is 10.6 Å². The van der Waals surface area contributed by atoms with Gasteiger partial charge in [0.05, 0.1) is 5.69 Å². The van der Waals surface area contributed by atoms with Gasteiger partial charge >= 0.3 is 0 Å². The summed E-state index contributed by atoms with van der Waals surface area (Å²) in [6.07, 6.45) is 0.438.